The van der Waals surface area contributed by atoms with Gasteiger partial charge in [0, 0.05) is 6.07 Å². The fraction of sp³-hybridized carbons (Fsp3) is 0. The van der Waals surface area contributed by atoms with E-state index in [1.54, 1.807) is 0 Å². The van der Waals surface area contributed by atoms with Crippen LogP contribution in [-0.2, 0) is 11.1 Å². The average Bonchev–Trinajstić information content (AvgIpc) is 2.16. The number of benzene rings is 1. The number of nitro groups is 1. The van der Waals surface area contributed by atoms with Crippen LogP contribution in [-0.4, -0.2) is 13.7 Å². The molecule has 1 N–H and O–H groups in total. The minimum atomic E-state index is -2.39. The number of nitro benzene ring substituents is 1. The molecule has 0 bridgehead atoms. The van der Waals surface area contributed by atoms with E-state index >= 15 is 0 Å². The molecular formula is C7H4N2O4S. The third-order valence-electron chi connectivity index (χ3n) is 1.50. The molecule has 0 saturated heterocycles. The zero-order valence-corrected chi connectivity index (χ0v) is 7.52. The molecule has 0 aliphatic carbocycles. The van der Waals surface area contributed by atoms with Crippen LogP contribution in [0.15, 0.2) is 23.1 Å². The van der Waals surface area contributed by atoms with E-state index in [1.165, 1.54) is 18.2 Å². The molecule has 0 saturated carbocycles. The van der Waals surface area contributed by atoms with E-state index < -0.39 is 21.7 Å². The minimum Gasteiger partial charge on any atom is -0.302 e. The molecule has 0 aliphatic rings. The van der Waals surface area contributed by atoms with Gasteiger partial charge >= 0.3 is 0 Å². The summed E-state index contributed by atoms with van der Waals surface area (Å²) in [5.41, 5.74) is -0.842. The first-order valence-corrected chi connectivity index (χ1v) is 4.47. The lowest BCUT2D eigenvalue weighted by molar-refractivity contribution is -0.385. The van der Waals surface area contributed by atoms with Crippen LogP contribution < -0.4 is 0 Å². The Bertz CT molecular complexity index is 419. The van der Waals surface area contributed by atoms with Gasteiger partial charge in [0.1, 0.15) is 11.6 Å². The Morgan fingerprint density at radius 1 is 1.57 bits per heavy atom. The first-order valence-electron chi connectivity index (χ1n) is 3.36. The van der Waals surface area contributed by atoms with Crippen LogP contribution in [0, 0.1) is 21.4 Å². The molecule has 1 aromatic carbocycles. The molecule has 1 atom stereocenters. The number of nitriles is 1. The van der Waals surface area contributed by atoms with E-state index in [0.717, 1.165) is 6.07 Å². The van der Waals surface area contributed by atoms with Crippen LogP contribution in [0.1, 0.15) is 5.56 Å². The number of rotatable bonds is 2. The summed E-state index contributed by atoms with van der Waals surface area (Å²) in [6.07, 6.45) is 0. The highest BCUT2D eigenvalue weighted by Gasteiger charge is 2.19. The van der Waals surface area contributed by atoms with Gasteiger partial charge in [-0.25, -0.2) is 4.21 Å². The van der Waals surface area contributed by atoms with Crippen molar-refractivity contribution in [2.24, 2.45) is 0 Å². The zero-order valence-electron chi connectivity index (χ0n) is 6.71. The monoisotopic (exact) mass is 212 g/mol. The summed E-state index contributed by atoms with van der Waals surface area (Å²) < 4.78 is 19.4. The van der Waals surface area contributed by atoms with Gasteiger partial charge in [-0.05, 0) is 6.07 Å². The standard InChI is InChI=1S/C7H4N2O4S/c8-4-5-6(9(10)11)2-1-3-7(5)14(12)13/h1-3H,(H,12,13). The summed E-state index contributed by atoms with van der Waals surface area (Å²) in [7, 11) is 0. The van der Waals surface area contributed by atoms with Crippen molar-refractivity contribution in [1.82, 2.24) is 0 Å². The Morgan fingerprint density at radius 3 is 2.64 bits per heavy atom. The first kappa shape index (κ1) is 10.3. The lowest BCUT2D eigenvalue weighted by atomic mass is 10.2. The van der Waals surface area contributed by atoms with Gasteiger partial charge in [0.25, 0.3) is 5.69 Å². The highest BCUT2D eigenvalue weighted by atomic mass is 32.2. The second-order valence-corrected chi connectivity index (χ2v) is 3.21. The van der Waals surface area contributed by atoms with Crippen LogP contribution in [0.2, 0.25) is 0 Å². The molecule has 0 fully saturated rings. The predicted octanol–water partition coefficient (Wildman–Crippen LogP) is 1.05. The Labute approximate surface area is 81.2 Å². The second kappa shape index (κ2) is 3.95. The second-order valence-electron chi connectivity index (χ2n) is 2.27. The zero-order chi connectivity index (χ0) is 10.7. The van der Waals surface area contributed by atoms with Crippen molar-refractivity contribution in [3.63, 3.8) is 0 Å². The smallest absolute Gasteiger partial charge is 0.288 e. The van der Waals surface area contributed by atoms with Gasteiger partial charge < -0.3 is 4.55 Å². The molecule has 72 valence electrons. The minimum absolute atomic E-state index is 0.248. The van der Waals surface area contributed by atoms with E-state index in [-0.39, 0.29) is 10.5 Å². The molecule has 14 heavy (non-hydrogen) atoms. The van der Waals surface area contributed by atoms with Crippen molar-refractivity contribution >= 4 is 16.8 Å². The van der Waals surface area contributed by atoms with Gasteiger partial charge in [-0.3, -0.25) is 10.1 Å². The Hall–Kier alpha value is -1.78. The van der Waals surface area contributed by atoms with Crippen LogP contribution in [0.4, 0.5) is 5.69 Å². The van der Waals surface area contributed by atoms with Crippen molar-refractivity contribution in [2.75, 3.05) is 0 Å². The van der Waals surface area contributed by atoms with Gasteiger partial charge in [0.05, 0.1) is 9.82 Å². The topological polar surface area (TPSA) is 104 Å². The Balaban J connectivity index is 3.50. The average molecular weight is 212 g/mol. The van der Waals surface area contributed by atoms with E-state index in [1.807, 2.05) is 0 Å². The van der Waals surface area contributed by atoms with Crippen LogP contribution in [0.5, 0.6) is 0 Å². The molecule has 0 aromatic heterocycles. The van der Waals surface area contributed by atoms with Crippen LogP contribution in [0.3, 0.4) is 0 Å². The fourth-order valence-electron chi connectivity index (χ4n) is 0.930. The van der Waals surface area contributed by atoms with Crippen molar-refractivity contribution in [2.45, 2.75) is 4.90 Å². The lowest BCUT2D eigenvalue weighted by Crippen LogP contribution is -1.98. The molecule has 1 unspecified atom stereocenters. The molecule has 0 radical (unpaired) electrons. The summed E-state index contributed by atoms with van der Waals surface area (Å²) in [5, 5.41) is 19.0. The normalized spacial score (nSPS) is 11.7. The molecular weight excluding hydrogens is 208 g/mol. The van der Waals surface area contributed by atoms with Gasteiger partial charge in [-0.2, -0.15) is 5.26 Å². The first-order chi connectivity index (χ1) is 6.57. The maximum Gasteiger partial charge on any atom is 0.288 e. The van der Waals surface area contributed by atoms with Gasteiger partial charge in [-0.1, -0.05) is 6.07 Å². The summed E-state index contributed by atoms with van der Waals surface area (Å²) in [6, 6.07) is 5.09. The molecule has 0 heterocycles. The van der Waals surface area contributed by atoms with Gasteiger partial charge in [0.2, 0.25) is 0 Å². The third-order valence-corrected chi connectivity index (χ3v) is 2.22. The number of hydrogen-bond donors (Lipinski definition) is 1. The van der Waals surface area contributed by atoms with Gasteiger partial charge in [-0.15, -0.1) is 0 Å². The molecule has 1 rings (SSSR count). The fourth-order valence-corrected chi connectivity index (χ4v) is 1.45. The van der Waals surface area contributed by atoms with E-state index in [4.69, 9.17) is 9.81 Å². The number of hydrogen-bond acceptors (Lipinski definition) is 4. The highest BCUT2D eigenvalue weighted by Crippen LogP contribution is 2.22. The quantitative estimate of drug-likeness (QED) is 0.448. The van der Waals surface area contributed by atoms with Crippen molar-refractivity contribution in [3.8, 4) is 6.07 Å². The summed E-state index contributed by atoms with van der Waals surface area (Å²) in [5.74, 6) is 0. The molecule has 1 aromatic rings. The van der Waals surface area contributed by atoms with Crippen LogP contribution >= 0.6 is 0 Å². The Kier molecular flexibility index (Phi) is 2.91. The predicted molar refractivity (Wildman–Crippen MR) is 46.8 cm³/mol. The summed E-state index contributed by atoms with van der Waals surface area (Å²) in [6.45, 7) is 0. The van der Waals surface area contributed by atoms with Crippen LogP contribution in [0.25, 0.3) is 0 Å². The van der Waals surface area contributed by atoms with Crippen molar-refractivity contribution in [1.29, 1.82) is 5.26 Å². The molecule has 0 amide bonds. The number of nitrogens with zero attached hydrogens (tertiary/aromatic N) is 2. The highest BCUT2D eigenvalue weighted by molar-refractivity contribution is 7.79. The van der Waals surface area contributed by atoms with E-state index in [9.17, 15) is 14.3 Å². The lowest BCUT2D eigenvalue weighted by Gasteiger charge is -1.98. The Morgan fingerprint density at radius 2 is 2.21 bits per heavy atom. The maximum absolute atomic E-state index is 10.7. The molecule has 0 aliphatic heterocycles. The maximum atomic E-state index is 10.7. The van der Waals surface area contributed by atoms with Crippen molar-refractivity contribution < 1.29 is 13.7 Å². The molecule has 7 heteroatoms. The third kappa shape index (κ3) is 1.76. The van der Waals surface area contributed by atoms with E-state index in [2.05, 4.69) is 0 Å². The van der Waals surface area contributed by atoms with E-state index in [0.29, 0.717) is 0 Å². The molecule has 6 nitrogen and oxygen atoms in total. The van der Waals surface area contributed by atoms with Gasteiger partial charge in [0.15, 0.2) is 11.1 Å². The summed E-state index contributed by atoms with van der Waals surface area (Å²) in [4.78, 5) is 9.41. The molecule has 0 spiro atoms. The largest absolute Gasteiger partial charge is 0.302 e. The SMILES string of the molecule is N#Cc1c([N+](=O)[O-])cccc1S(=O)O. The van der Waals surface area contributed by atoms with Crippen molar-refractivity contribution in [3.05, 3.63) is 33.9 Å². The summed E-state index contributed by atoms with van der Waals surface area (Å²) >= 11 is -2.39.